The highest BCUT2D eigenvalue weighted by Crippen LogP contribution is 2.31. The van der Waals surface area contributed by atoms with E-state index in [1.54, 1.807) is 6.07 Å². The first-order valence-electron chi connectivity index (χ1n) is 11.0. The molecule has 1 aliphatic heterocycles. The molecular formula is C25H24F2N6O. The SMILES string of the molecule is CC1CCC(C(=O)NCc2ccccc2)CN1c1cc(-c2cc(F)c(C#N)c(F)c2)nc(N)n1. The molecule has 2 unspecified atom stereocenters. The molecule has 1 amide bonds. The Labute approximate surface area is 196 Å². The van der Waals surface area contributed by atoms with Crippen LogP contribution in [0.4, 0.5) is 20.5 Å². The fraction of sp³-hybridized carbons (Fsp3) is 0.280. The van der Waals surface area contributed by atoms with Crippen LogP contribution in [-0.4, -0.2) is 28.5 Å². The van der Waals surface area contributed by atoms with Crippen molar-refractivity contribution in [2.45, 2.75) is 32.4 Å². The van der Waals surface area contributed by atoms with Crippen LogP contribution >= 0.6 is 0 Å². The summed E-state index contributed by atoms with van der Waals surface area (Å²) in [4.78, 5) is 23.3. The van der Waals surface area contributed by atoms with Crippen molar-refractivity contribution in [3.05, 3.63) is 71.3 Å². The number of rotatable bonds is 5. The summed E-state index contributed by atoms with van der Waals surface area (Å²) in [6.07, 6.45) is 1.50. The van der Waals surface area contributed by atoms with E-state index >= 15 is 0 Å². The Morgan fingerprint density at radius 1 is 1.18 bits per heavy atom. The number of nitrogens with zero attached hydrogens (tertiary/aromatic N) is 4. The number of nitrogen functional groups attached to an aromatic ring is 1. The van der Waals surface area contributed by atoms with E-state index in [1.807, 2.05) is 42.2 Å². The Hall–Kier alpha value is -4.06. The molecule has 2 heterocycles. The average Bonchev–Trinajstić information content (AvgIpc) is 2.83. The van der Waals surface area contributed by atoms with Crippen molar-refractivity contribution in [3.8, 4) is 17.3 Å². The lowest BCUT2D eigenvalue weighted by atomic mass is 9.92. The number of hydrogen-bond acceptors (Lipinski definition) is 6. The van der Waals surface area contributed by atoms with Crippen LogP contribution < -0.4 is 16.0 Å². The van der Waals surface area contributed by atoms with Crippen molar-refractivity contribution in [3.63, 3.8) is 0 Å². The molecule has 3 N–H and O–H groups in total. The van der Waals surface area contributed by atoms with E-state index in [0.29, 0.717) is 18.9 Å². The van der Waals surface area contributed by atoms with Gasteiger partial charge in [0, 0.05) is 30.8 Å². The van der Waals surface area contributed by atoms with Crippen LogP contribution in [0.1, 0.15) is 30.9 Å². The van der Waals surface area contributed by atoms with E-state index in [0.717, 1.165) is 30.5 Å². The molecule has 0 saturated carbocycles. The van der Waals surface area contributed by atoms with Gasteiger partial charge in [-0.2, -0.15) is 10.2 Å². The number of anilines is 2. The number of nitriles is 1. The molecule has 4 rings (SSSR count). The number of carbonyl (C=O) groups is 1. The highest BCUT2D eigenvalue weighted by molar-refractivity contribution is 5.79. The normalized spacial score (nSPS) is 17.8. The van der Waals surface area contributed by atoms with E-state index in [2.05, 4.69) is 15.3 Å². The van der Waals surface area contributed by atoms with Crippen molar-refractivity contribution in [2.24, 2.45) is 5.92 Å². The predicted molar refractivity (Wildman–Crippen MR) is 124 cm³/mol. The quantitative estimate of drug-likeness (QED) is 0.597. The van der Waals surface area contributed by atoms with Crippen LogP contribution in [-0.2, 0) is 11.3 Å². The standard InChI is InChI=1S/C25H24F2N6O/c1-15-7-8-17(24(34)30-13-16-5-3-2-4-6-16)14-33(15)23-11-22(31-25(29)32-23)18-9-20(26)19(12-28)21(27)10-18/h2-6,9-11,15,17H,7-8,13-14H2,1H3,(H,30,34)(H2,29,31,32). The predicted octanol–water partition coefficient (Wildman–Crippen LogP) is 3.80. The first kappa shape index (κ1) is 23.1. The van der Waals surface area contributed by atoms with Crippen molar-refractivity contribution < 1.29 is 13.6 Å². The summed E-state index contributed by atoms with van der Waals surface area (Å²) in [6.45, 7) is 2.90. The summed E-state index contributed by atoms with van der Waals surface area (Å²) in [6, 6.07) is 15.0. The van der Waals surface area contributed by atoms with Crippen LogP contribution in [0.5, 0.6) is 0 Å². The van der Waals surface area contributed by atoms with Gasteiger partial charge >= 0.3 is 0 Å². The van der Waals surface area contributed by atoms with Gasteiger partial charge in [-0.05, 0) is 37.5 Å². The lowest BCUT2D eigenvalue weighted by Gasteiger charge is -2.38. The van der Waals surface area contributed by atoms with Gasteiger partial charge in [0.05, 0.1) is 11.6 Å². The van der Waals surface area contributed by atoms with E-state index in [9.17, 15) is 13.6 Å². The molecule has 174 valence electrons. The van der Waals surface area contributed by atoms with Crippen molar-refractivity contribution in [1.29, 1.82) is 5.26 Å². The first-order valence-corrected chi connectivity index (χ1v) is 11.0. The summed E-state index contributed by atoms with van der Waals surface area (Å²) < 4.78 is 28.3. The maximum atomic E-state index is 14.2. The van der Waals surface area contributed by atoms with Gasteiger partial charge in [-0.15, -0.1) is 0 Å². The molecule has 0 aliphatic carbocycles. The molecule has 9 heteroatoms. The topological polar surface area (TPSA) is 108 Å². The van der Waals surface area contributed by atoms with Gasteiger partial charge < -0.3 is 16.0 Å². The molecule has 34 heavy (non-hydrogen) atoms. The van der Waals surface area contributed by atoms with Crippen LogP contribution in [0.3, 0.4) is 0 Å². The second kappa shape index (κ2) is 9.83. The minimum absolute atomic E-state index is 0.0424. The van der Waals surface area contributed by atoms with Gasteiger partial charge in [0.2, 0.25) is 11.9 Å². The third-order valence-electron chi connectivity index (χ3n) is 6.04. The van der Waals surface area contributed by atoms with E-state index in [-0.39, 0.29) is 35.1 Å². The van der Waals surface area contributed by atoms with E-state index in [1.165, 1.54) is 6.07 Å². The number of nitrogens with one attached hydrogen (secondary N) is 1. The molecule has 7 nitrogen and oxygen atoms in total. The van der Waals surface area contributed by atoms with Crippen molar-refractivity contribution in [1.82, 2.24) is 15.3 Å². The molecule has 1 saturated heterocycles. The van der Waals surface area contributed by atoms with Crippen LogP contribution in [0.2, 0.25) is 0 Å². The van der Waals surface area contributed by atoms with Gasteiger partial charge in [0.25, 0.3) is 0 Å². The van der Waals surface area contributed by atoms with Gasteiger partial charge in [0.1, 0.15) is 29.1 Å². The summed E-state index contributed by atoms with van der Waals surface area (Å²) in [7, 11) is 0. The summed E-state index contributed by atoms with van der Waals surface area (Å²) in [5, 5.41) is 11.9. The third kappa shape index (κ3) is 4.96. The van der Waals surface area contributed by atoms with Gasteiger partial charge in [-0.1, -0.05) is 30.3 Å². The molecule has 0 spiro atoms. The number of nitrogens with two attached hydrogens (primary N) is 1. The largest absolute Gasteiger partial charge is 0.368 e. The van der Waals surface area contributed by atoms with Crippen molar-refractivity contribution in [2.75, 3.05) is 17.2 Å². The molecule has 0 radical (unpaired) electrons. The zero-order valence-corrected chi connectivity index (χ0v) is 18.6. The van der Waals surface area contributed by atoms with Gasteiger partial charge in [-0.25, -0.2) is 13.8 Å². The molecule has 1 fully saturated rings. The molecule has 2 aromatic carbocycles. The molecule has 2 atom stereocenters. The summed E-state index contributed by atoms with van der Waals surface area (Å²) in [5.74, 6) is -1.82. The number of halogens is 2. The Bertz CT molecular complexity index is 1220. The molecule has 3 aromatic rings. The number of piperidine rings is 1. The summed E-state index contributed by atoms with van der Waals surface area (Å²) in [5.41, 5.74) is 6.66. The molecule has 1 aromatic heterocycles. The molecule has 1 aliphatic rings. The highest BCUT2D eigenvalue weighted by Gasteiger charge is 2.31. The second-order valence-corrected chi connectivity index (χ2v) is 8.38. The van der Waals surface area contributed by atoms with Gasteiger partial charge in [0.15, 0.2) is 0 Å². The Kier molecular flexibility index (Phi) is 6.68. The minimum Gasteiger partial charge on any atom is -0.368 e. The molecule has 0 bridgehead atoms. The zero-order chi connectivity index (χ0) is 24.2. The van der Waals surface area contributed by atoms with E-state index < -0.39 is 17.2 Å². The average molecular weight is 463 g/mol. The maximum Gasteiger partial charge on any atom is 0.225 e. The lowest BCUT2D eigenvalue weighted by molar-refractivity contribution is -0.125. The lowest BCUT2D eigenvalue weighted by Crippen LogP contribution is -2.47. The first-order chi connectivity index (χ1) is 16.4. The molecular weight excluding hydrogens is 438 g/mol. The smallest absolute Gasteiger partial charge is 0.225 e. The van der Waals surface area contributed by atoms with Crippen LogP contribution in [0.25, 0.3) is 11.3 Å². The highest BCUT2D eigenvalue weighted by atomic mass is 19.1. The van der Waals surface area contributed by atoms with Crippen molar-refractivity contribution >= 4 is 17.7 Å². The maximum absolute atomic E-state index is 14.2. The Morgan fingerprint density at radius 3 is 2.56 bits per heavy atom. The minimum atomic E-state index is -0.974. The van der Waals surface area contributed by atoms with E-state index in [4.69, 9.17) is 11.0 Å². The number of amides is 1. The number of hydrogen-bond donors (Lipinski definition) is 2. The number of benzene rings is 2. The van der Waals surface area contributed by atoms with Crippen LogP contribution in [0.15, 0.2) is 48.5 Å². The number of aromatic nitrogens is 2. The fourth-order valence-electron chi connectivity index (χ4n) is 4.15. The second-order valence-electron chi connectivity index (χ2n) is 8.38. The fourth-order valence-corrected chi connectivity index (χ4v) is 4.15. The van der Waals surface area contributed by atoms with Gasteiger partial charge in [-0.3, -0.25) is 4.79 Å². The Morgan fingerprint density at radius 2 is 1.88 bits per heavy atom. The number of carbonyl (C=O) groups excluding carboxylic acids is 1. The zero-order valence-electron chi connectivity index (χ0n) is 18.6. The monoisotopic (exact) mass is 462 g/mol. The third-order valence-corrected chi connectivity index (χ3v) is 6.04. The Balaban J connectivity index is 1.55. The van der Waals surface area contributed by atoms with Crippen LogP contribution in [0, 0.1) is 28.9 Å². The summed E-state index contributed by atoms with van der Waals surface area (Å²) >= 11 is 0.